The summed E-state index contributed by atoms with van der Waals surface area (Å²) in [6, 6.07) is 2.12. The van der Waals surface area contributed by atoms with E-state index in [9.17, 15) is 0 Å². The number of hydrogen-bond donors (Lipinski definition) is 1. The summed E-state index contributed by atoms with van der Waals surface area (Å²) >= 11 is 3.46. The van der Waals surface area contributed by atoms with E-state index in [4.69, 9.17) is 0 Å². The number of pyridine rings is 1. The molecule has 1 aromatic rings. The lowest BCUT2D eigenvalue weighted by atomic mass is 10.2. The SMILES string of the molecule is CC(C)CNCc1cc(Br)cnc1N(C)C. The Kier molecular flexibility index (Phi) is 5.22. The van der Waals surface area contributed by atoms with Crippen LogP contribution < -0.4 is 10.2 Å². The van der Waals surface area contributed by atoms with Crippen LogP contribution >= 0.6 is 15.9 Å². The van der Waals surface area contributed by atoms with Crippen molar-refractivity contribution in [2.24, 2.45) is 5.92 Å². The van der Waals surface area contributed by atoms with Crippen LogP contribution in [0.15, 0.2) is 16.7 Å². The van der Waals surface area contributed by atoms with Gasteiger partial charge in [0.2, 0.25) is 0 Å². The number of hydrogen-bond acceptors (Lipinski definition) is 3. The molecule has 0 fully saturated rings. The molecule has 0 atom stereocenters. The van der Waals surface area contributed by atoms with Gasteiger partial charge < -0.3 is 10.2 Å². The molecule has 0 spiro atoms. The molecule has 0 saturated heterocycles. The maximum Gasteiger partial charge on any atom is 0.132 e. The molecule has 0 aromatic carbocycles. The van der Waals surface area contributed by atoms with Gasteiger partial charge in [0.1, 0.15) is 5.82 Å². The van der Waals surface area contributed by atoms with Crippen LogP contribution in [-0.4, -0.2) is 25.6 Å². The van der Waals surface area contributed by atoms with Gasteiger partial charge in [-0.2, -0.15) is 0 Å². The highest BCUT2D eigenvalue weighted by atomic mass is 79.9. The zero-order valence-electron chi connectivity index (χ0n) is 10.4. The van der Waals surface area contributed by atoms with E-state index in [0.29, 0.717) is 5.92 Å². The van der Waals surface area contributed by atoms with Crippen LogP contribution in [0.25, 0.3) is 0 Å². The number of nitrogens with one attached hydrogen (secondary N) is 1. The van der Waals surface area contributed by atoms with E-state index in [1.807, 2.05) is 25.2 Å². The van der Waals surface area contributed by atoms with E-state index in [2.05, 4.69) is 46.1 Å². The topological polar surface area (TPSA) is 28.2 Å². The largest absolute Gasteiger partial charge is 0.362 e. The molecule has 0 bridgehead atoms. The molecule has 1 N–H and O–H groups in total. The van der Waals surface area contributed by atoms with Crippen molar-refractivity contribution in [1.82, 2.24) is 10.3 Å². The fourth-order valence-corrected chi connectivity index (χ4v) is 1.88. The average Bonchev–Trinajstić information content (AvgIpc) is 2.16. The Morgan fingerprint density at radius 3 is 2.69 bits per heavy atom. The number of halogens is 1. The maximum absolute atomic E-state index is 4.41. The predicted octanol–water partition coefficient (Wildman–Crippen LogP) is 2.66. The number of rotatable bonds is 5. The van der Waals surface area contributed by atoms with Crippen molar-refractivity contribution in [1.29, 1.82) is 0 Å². The first kappa shape index (κ1) is 13.5. The van der Waals surface area contributed by atoms with Crippen molar-refractivity contribution in [3.05, 3.63) is 22.3 Å². The van der Waals surface area contributed by atoms with Crippen LogP contribution in [0.1, 0.15) is 19.4 Å². The minimum absolute atomic E-state index is 0.669. The van der Waals surface area contributed by atoms with Crippen LogP contribution in [0.5, 0.6) is 0 Å². The summed E-state index contributed by atoms with van der Waals surface area (Å²) in [4.78, 5) is 6.46. The molecule has 4 heteroatoms. The van der Waals surface area contributed by atoms with Gasteiger partial charge in [0, 0.05) is 36.9 Å². The van der Waals surface area contributed by atoms with Gasteiger partial charge in [0.25, 0.3) is 0 Å². The number of aromatic nitrogens is 1. The summed E-state index contributed by atoms with van der Waals surface area (Å²) in [5.41, 5.74) is 1.22. The highest BCUT2D eigenvalue weighted by Crippen LogP contribution is 2.19. The zero-order valence-corrected chi connectivity index (χ0v) is 12.0. The lowest BCUT2D eigenvalue weighted by Crippen LogP contribution is -2.21. The quantitative estimate of drug-likeness (QED) is 0.902. The Morgan fingerprint density at radius 2 is 2.12 bits per heavy atom. The highest BCUT2D eigenvalue weighted by Gasteiger charge is 2.06. The molecular formula is C12H20BrN3. The Balaban J connectivity index is 2.72. The van der Waals surface area contributed by atoms with Crippen LogP contribution in [0.3, 0.4) is 0 Å². The van der Waals surface area contributed by atoms with Crippen LogP contribution in [0, 0.1) is 5.92 Å². The van der Waals surface area contributed by atoms with E-state index in [-0.39, 0.29) is 0 Å². The molecule has 16 heavy (non-hydrogen) atoms. The fourth-order valence-electron chi connectivity index (χ4n) is 1.50. The summed E-state index contributed by atoms with van der Waals surface area (Å²) in [5, 5.41) is 3.44. The normalized spacial score (nSPS) is 10.9. The van der Waals surface area contributed by atoms with E-state index in [1.54, 1.807) is 0 Å². The third-order valence-corrected chi connectivity index (χ3v) is 2.63. The maximum atomic E-state index is 4.41. The molecule has 0 unspecified atom stereocenters. The van der Waals surface area contributed by atoms with Crippen molar-refractivity contribution in [3.63, 3.8) is 0 Å². The first-order valence-electron chi connectivity index (χ1n) is 5.53. The molecular weight excluding hydrogens is 266 g/mol. The predicted molar refractivity (Wildman–Crippen MR) is 72.8 cm³/mol. The van der Waals surface area contributed by atoms with Gasteiger partial charge in [-0.3, -0.25) is 0 Å². The van der Waals surface area contributed by atoms with Crippen molar-refractivity contribution in [2.75, 3.05) is 25.5 Å². The molecule has 0 aliphatic heterocycles. The van der Waals surface area contributed by atoms with Crippen LogP contribution in [0.4, 0.5) is 5.82 Å². The molecule has 0 amide bonds. The summed E-state index contributed by atoms with van der Waals surface area (Å²) in [7, 11) is 4.03. The van der Waals surface area contributed by atoms with Crippen molar-refractivity contribution < 1.29 is 0 Å². The third kappa shape index (κ3) is 4.10. The first-order valence-corrected chi connectivity index (χ1v) is 6.32. The molecule has 3 nitrogen and oxygen atoms in total. The van der Waals surface area contributed by atoms with Crippen LogP contribution in [-0.2, 0) is 6.54 Å². The smallest absolute Gasteiger partial charge is 0.132 e. The van der Waals surface area contributed by atoms with E-state index in [0.717, 1.165) is 23.4 Å². The van der Waals surface area contributed by atoms with Gasteiger partial charge in [0.05, 0.1) is 0 Å². The second-order valence-corrected chi connectivity index (χ2v) is 5.47. The Bertz CT molecular complexity index is 337. The second-order valence-electron chi connectivity index (χ2n) is 4.56. The Labute approximate surface area is 106 Å². The van der Waals surface area contributed by atoms with Gasteiger partial charge in [-0.05, 0) is 34.5 Å². The van der Waals surface area contributed by atoms with Gasteiger partial charge in [-0.15, -0.1) is 0 Å². The molecule has 1 rings (SSSR count). The summed E-state index contributed by atoms with van der Waals surface area (Å²) < 4.78 is 1.03. The summed E-state index contributed by atoms with van der Waals surface area (Å²) in [6.45, 7) is 6.30. The van der Waals surface area contributed by atoms with E-state index in [1.165, 1.54) is 5.56 Å². The molecule has 0 radical (unpaired) electrons. The lowest BCUT2D eigenvalue weighted by molar-refractivity contribution is 0.552. The summed E-state index contributed by atoms with van der Waals surface area (Å²) in [6.07, 6.45) is 1.83. The number of nitrogens with zero attached hydrogens (tertiary/aromatic N) is 2. The molecule has 0 saturated carbocycles. The second kappa shape index (κ2) is 6.21. The molecule has 1 heterocycles. The monoisotopic (exact) mass is 285 g/mol. The van der Waals surface area contributed by atoms with Gasteiger partial charge >= 0.3 is 0 Å². The van der Waals surface area contributed by atoms with Gasteiger partial charge in [-0.1, -0.05) is 13.8 Å². The van der Waals surface area contributed by atoms with Crippen LogP contribution in [0.2, 0.25) is 0 Å². The lowest BCUT2D eigenvalue weighted by Gasteiger charge is -2.17. The average molecular weight is 286 g/mol. The molecule has 1 aromatic heterocycles. The van der Waals surface area contributed by atoms with Gasteiger partial charge in [0.15, 0.2) is 0 Å². The van der Waals surface area contributed by atoms with Crippen molar-refractivity contribution >= 4 is 21.7 Å². The highest BCUT2D eigenvalue weighted by molar-refractivity contribution is 9.10. The molecule has 90 valence electrons. The van der Waals surface area contributed by atoms with Crippen molar-refractivity contribution in [3.8, 4) is 0 Å². The Morgan fingerprint density at radius 1 is 1.44 bits per heavy atom. The third-order valence-electron chi connectivity index (χ3n) is 2.20. The molecule has 0 aliphatic carbocycles. The standard InChI is InChI=1S/C12H20BrN3/c1-9(2)6-14-7-10-5-11(13)8-15-12(10)16(3)4/h5,8-9,14H,6-7H2,1-4H3. The minimum atomic E-state index is 0.669. The van der Waals surface area contributed by atoms with E-state index < -0.39 is 0 Å². The van der Waals surface area contributed by atoms with E-state index >= 15 is 0 Å². The zero-order chi connectivity index (χ0) is 12.1. The summed E-state index contributed by atoms with van der Waals surface area (Å²) in [5.74, 6) is 1.70. The van der Waals surface area contributed by atoms with Crippen molar-refractivity contribution in [2.45, 2.75) is 20.4 Å². The number of anilines is 1. The Hall–Kier alpha value is -0.610. The molecule has 0 aliphatic rings. The van der Waals surface area contributed by atoms with Gasteiger partial charge in [-0.25, -0.2) is 4.98 Å². The first-order chi connectivity index (χ1) is 7.50. The fraction of sp³-hybridized carbons (Fsp3) is 0.583. The minimum Gasteiger partial charge on any atom is -0.362 e.